The average Bonchev–Trinajstić information content (AvgIpc) is 2.26. The van der Waals surface area contributed by atoms with Gasteiger partial charge in [-0.05, 0) is 37.1 Å². The van der Waals surface area contributed by atoms with Crippen LogP contribution in [0.5, 0.6) is 5.75 Å². The van der Waals surface area contributed by atoms with E-state index in [1.165, 1.54) is 0 Å². The highest BCUT2D eigenvalue weighted by atomic mass is 16.5. The van der Waals surface area contributed by atoms with Crippen molar-refractivity contribution in [2.45, 2.75) is 26.3 Å². The number of anilines is 1. The van der Waals surface area contributed by atoms with Gasteiger partial charge in [-0.3, -0.25) is 0 Å². The van der Waals surface area contributed by atoms with Gasteiger partial charge < -0.3 is 10.1 Å². The monoisotopic (exact) mass is 203 g/mol. The lowest BCUT2D eigenvalue weighted by molar-refractivity contribution is 0.412. The van der Waals surface area contributed by atoms with Crippen LogP contribution in [0.25, 0.3) is 0 Å². The fourth-order valence-electron chi connectivity index (χ4n) is 1.43. The Balaban J connectivity index is 2.80. The molecule has 0 aliphatic rings. The Morgan fingerprint density at radius 2 is 2.27 bits per heavy atom. The van der Waals surface area contributed by atoms with Crippen molar-refractivity contribution in [3.63, 3.8) is 0 Å². The zero-order valence-electron chi connectivity index (χ0n) is 9.50. The number of ether oxygens (including phenoxy) is 1. The van der Waals surface area contributed by atoms with Crippen molar-refractivity contribution in [1.29, 1.82) is 0 Å². The molecule has 0 fully saturated rings. The normalized spacial score (nSPS) is 11.6. The summed E-state index contributed by atoms with van der Waals surface area (Å²) in [6.07, 6.45) is 6.31. The summed E-state index contributed by atoms with van der Waals surface area (Å²) in [4.78, 5) is 0. The summed E-state index contributed by atoms with van der Waals surface area (Å²) >= 11 is 0. The number of hydrogen-bond acceptors (Lipinski definition) is 2. The van der Waals surface area contributed by atoms with Gasteiger partial charge in [-0.1, -0.05) is 12.8 Å². The van der Waals surface area contributed by atoms with Crippen LogP contribution in [0.1, 0.15) is 18.9 Å². The maximum Gasteiger partial charge on any atom is 0.121 e. The second kappa shape index (κ2) is 5.31. The first-order valence-electron chi connectivity index (χ1n) is 5.08. The molecule has 1 aromatic carbocycles. The highest BCUT2D eigenvalue weighted by Gasteiger charge is 2.03. The van der Waals surface area contributed by atoms with Crippen molar-refractivity contribution < 1.29 is 4.74 Å². The highest BCUT2D eigenvalue weighted by Crippen LogP contribution is 2.21. The molecule has 2 heteroatoms. The molecular formula is C13H17NO. The number of nitrogens with one attached hydrogen (secondary N) is 1. The molecule has 0 amide bonds. The molecule has 0 saturated heterocycles. The van der Waals surface area contributed by atoms with E-state index in [1.807, 2.05) is 25.1 Å². The SMILES string of the molecule is C#CC(CC)Nc1ccc(OC)c(C)c1. The van der Waals surface area contributed by atoms with E-state index in [-0.39, 0.29) is 6.04 Å². The molecule has 1 rings (SSSR count). The fourth-order valence-corrected chi connectivity index (χ4v) is 1.43. The summed E-state index contributed by atoms with van der Waals surface area (Å²) in [6, 6.07) is 6.06. The second-order valence-corrected chi connectivity index (χ2v) is 3.46. The van der Waals surface area contributed by atoms with Crippen LogP contribution >= 0.6 is 0 Å². The predicted octanol–water partition coefficient (Wildman–Crippen LogP) is 2.83. The molecule has 0 bridgehead atoms. The molecule has 0 radical (unpaired) electrons. The Kier molecular flexibility index (Phi) is 4.05. The van der Waals surface area contributed by atoms with Gasteiger partial charge in [-0.2, -0.15) is 0 Å². The number of hydrogen-bond donors (Lipinski definition) is 1. The van der Waals surface area contributed by atoms with Crippen molar-refractivity contribution in [3.05, 3.63) is 23.8 Å². The third-order valence-electron chi connectivity index (χ3n) is 2.35. The van der Waals surface area contributed by atoms with Crippen LogP contribution in [0.2, 0.25) is 0 Å². The van der Waals surface area contributed by atoms with Gasteiger partial charge >= 0.3 is 0 Å². The van der Waals surface area contributed by atoms with Crippen LogP contribution in [-0.4, -0.2) is 13.2 Å². The van der Waals surface area contributed by atoms with E-state index in [0.717, 1.165) is 23.4 Å². The van der Waals surface area contributed by atoms with Gasteiger partial charge in [-0.15, -0.1) is 6.42 Å². The smallest absolute Gasteiger partial charge is 0.121 e. The standard InChI is InChI=1S/C13H17NO/c1-5-11(6-2)14-12-7-8-13(15-4)10(3)9-12/h1,7-9,11,14H,6H2,2-4H3. The Morgan fingerprint density at radius 1 is 1.53 bits per heavy atom. The van der Waals surface area contributed by atoms with Crippen molar-refractivity contribution in [3.8, 4) is 18.1 Å². The summed E-state index contributed by atoms with van der Waals surface area (Å²) in [5.41, 5.74) is 2.15. The van der Waals surface area contributed by atoms with Gasteiger partial charge in [0.15, 0.2) is 0 Å². The van der Waals surface area contributed by atoms with Crippen LogP contribution < -0.4 is 10.1 Å². The summed E-state index contributed by atoms with van der Waals surface area (Å²) in [6.45, 7) is 4.08. The minimum Gasteiger partial charge on any atom is -0.496 e. The first-order chi connectivity index (χ1) is 7.21. The molecule has 0 spiro atoms. The van der Waals surface area contributed by atoms with E-state index in [9.17, 15) is 0 Å². The molecule has 0 aromatic heterocycles. The van der Waals surface area contributed by atoms with E-state index >= 15 is 0 Å². The lowest BCUT2D eigenvalue weighted by Gasteiger charge is -2.13. The first kappa shape index (κ1) is 11.5. The van der Waals surface area contributed by atoms with Crippen LogP contribution in [0.3, 0.4) is 0 Å². The zero-order valence-corrected chi connectivity index (χ0v) is 9.50. The van der Waals surface area contributed by atoms with E-state index in [4.69, 9.17) is 11.2 Å². The second-order valence-electron chi connectivity index (χ2n) is 3.46. The maximum atomic E-state index is 5.39. The molecule has 1 N–H and O–H groups in total. The van der Waals surface area contributed by atoms with Crippen molar-refractivity contribution in [2.75, 3.05) is 12.4 Å². The summed E-state index contributed by atoms with van der Waals surface area (Å²) in [5.74, 6) is 3.60. The number of aryl methyl sites for hydroxylation is 1. The van der Waals surface area contributed by atoms with Crippen LogP contribution in [0.4, 0.5) is 5.69 Å². The molecular weight excluding hydrogens is 186 g/mol. The van der Waals surface area contributed by atoms with Crippen molar-refractivity contribution in [1.82, 2.24) is 0 Å². The van der Waals surface area contributed by atoms with Gasteiger partial charge in [0, 0.05) is 5.69 Å². The zero-order chi connectivity index (χ0) is 11.3. The molecule has 0 aliphatic carbocycles. The molecule has 0 saturated carbocycles. The molecule has 1 atom stereocenters. The molecule has 0 aliphatic heterocycles. The molecule has 2 nitrogen and oxygen atoms in total. The Bertz CT molecular complexity index is 365. The minimum atomic E-state index is 0.0952. The number of terminal acetylenes is 1. The Hall–Kier alpha value is -1.62. The first-order valence-corrected chi connectivity index (χ1v) is 5.08. The fraction of sp³-hybridized carbons (Fsp3) is 0.385. The Labute approximate surface area is 91.6 Å². The van der Waals surface area contributed by atoms with Crippen molar-refractivity contribution in [2.24, 2.45) is 0 Å². The summed E-state index contributed by atoms with van der Waals surface area (Å²) in [5, 5.41) is 3.28. The van der Waals surface area contributed by atoms with Gasteiger partial charge in [-0.25, -0.2) is 0 Å². The van der Waals surface area contributed by atoms with Crippen molar-refractivity contribution >= 4 is 5.69 Å². The average molecular weight is 203 g/mol. The van der Waals surface area contributed by atoms with E-state index in [1.54, 1.807) is 7.11 Å². The number of benzene rings is 1. The number of rotatable bonds is 4. The van der Waals surface area contributed by atoms with Crippen LogP contribution in [0.15, 0.2) is 18.2 Å². The van der Waals surface area contributed by atoms with Crippen LogP contribution in [-0.2, 0) is 0 Å². The van der Waals surface area contributed by atoms with Gasteiger partial charge in [0.2, 0.25) is 0 Å². The molecule has 1 unspecified atom stereocenters. The third-order valence-corrected chi connectivity index (χ3v) is 2.35. The summed E-state index contributed by atoms with van der Waals surface area (Å²) < 4.78 is 5.19. The molecule has 1 aromatic rings. The molecule has 15 heavy (non-hydrogen) atoms. The summed E-state index contributed by atoms with van der Waals surface area (Å²) in [7, 11) is 1.67. The van der Waals surface area contributed by atoms with Gasteiger partial charge in [0.25, 0.3) is 0 Å². The van der Waals surface area contributed by atoms with E-state index < -0.39 is 0 Å². The molecule has 0 heterocycles. The lowest BCUT2D eigenvalue weighted by Crippen LogP contribution is -2.15. The van der Waals surface area contributed by atoms with E-state index in [2.05, 4.69) is 18.2 Å². The Morgan fingerprint density at radius 3 is 2.73 bits per heavy atom. The maximum absolute atomic E-state index is 5.39. The lowest BCUT2D eigenvalue weighted by atomic mass is 10.1. The van der Waals surface area contributed by atoms with Crippen LogP contribution in [0, 0.1) is 19.3 Å². The largest absolute Gasteiger partial charge is 0.496 e. The van der Waals surface area contributed by atoms with E-state index in [0.29, 0.717) is 0 Å². The van der Waals surface area contributed by atoms with Gasteiger partial charge in [0.1, 0.15) is 5.75 Å². The number of methoxy groups -OCH3 is 1. The predicted molar refractivity (Wildman–Crippen MR) is 64.3 cm³/mol. The topological polar surface area (TPSA) is 21.3 Å². The van der Waals surface area contributed by atoms with Gasteiger partial charge in [0.05, 0.1) is 13.2 Å². The highest BCUT2D eigenvalue weighted by molar-refractivity contribution is 5.52. The quantitative estimate of drug-likeness (QED) is 0.760. The molecule has 80 valence electrons. The third kappa shape index (κ3) is 2.92. The minimum absolute atomic E-state index is 0.0952.